The van der Waals surface area contributed by atoms with Crippen LogP contribution in [0.15, 0.2) is 0 Å². The van der Waals surface area contributed by atoms with Gasteiger partial charge in [0.2, 0.25) is 0 Å². The predicted molar refractivity (Wildman–Crippen MR) is 56.0 cm³/mol. The molecule has 0 saturated carbocycles. The summed E-state index contributed by atoms with van der Waals surface area (Å²) in [5, 5.41) is 0. The summed E-state index contributed by atoms with van der Waals surface area (Å²) in [6, 6.07) is 0. The van der Waals surface area contributed by atoms with Crippen LogP contribution >= 0.6 is 0 Å². The Balaban J connectivity index is 3.34. The van der Waals surface area contributed by atoms with Crippen molar-refractivity contribution in [1.29, 1.82) is 0 Å². The van der Waals surface area contributed by atoms with Gasteiger partial charge in [0, 0.05) is 6.61 Å². The van der Waals surface area contributed by atoms with Crippen LogP contribution in [0.4, 0.5) is 0 Å². The third-order valence-corrected chi connectivity index (χ3v) is 1.84. The second kappa shape index (κ2) is 7.34. The fourth-order valence-electron chi connectivity index (χ4n) is 1.00. The summed E-state index contributed by atoms with van der Waals surface area (Å²) in [7, 11) is 0. The third-order valence-electron chi connectivity index (χ3n) is 1.84. The highest BCUT2D eigenvalue weighted by Crippen LogP contribution is 2.03. The normalized spacial score (nSPS) is 16.2. The lowest BCUT2D eigenvalue weighted by atomic mass is 10.2. The van der Waals surface area contributed by atoms with Gasteiger partial charge in [-0.15, -0.1) is 0 Å². The highest BCUT2D eigenvalue weighted by molar-refractivity contribution is 4.53. The number of hydrogen-bond donors (Lipinski definition) is 0. The molecule has 2 heteroatoms. The first-order chi connectivity index (χ1) is 6.06. The highest BCUT2D eigenvalue weighted by Gasteiger charge is 2.06. The molecule has 13 heavy (non-hydrogen) atoms. The SMILES string of the molecule is CCC(C)OC(C)COCC(C)C. The van der Waals surface area contributed by atoms with E-state index in [4.69, 9.17) is 9.47 Å². The fourth-order valence-corrected chi connectivity index (χ4v) is 1.00. The van der Waals surface area contributed by atoms with Crippen LogP contribution in [0.5, 0.6) is 0 Å². The molecule has 80 valence electrons. The van der Waals surface area contributed by atoms with Gasteiger partial charge in [-0.3, -0.25) is 0 Å². The quantitative estimate of drug-likeness (QED) is 0.611. The van der Waals surface area contributed by atoms with E-state index in [1.807, 2.05) is 0 Å². The van der Waals surface area contributed by atoms with Crippen molar-refractivity contribution in [2.24, 2.45) is 5.92 Å². The summed E-state index contributed by atoms with van der Waals surface area (Å²) in [6.07, 6.45) is 1.63. The van der Waals surface area contributed by atoms with Crippen molar-refractivity contribution in [3.05, 3.63) is 0 Å². The van der Waals surface area contributed by atoms with Crippen LogP contribution in [0, 0.1) is 5.92 Å². The van der Waals surface area contributed by atoms with Crippen LogP contribution in [0.1, 0.15) is 41.0 Å². The second-order valence-corrected chi connectivity index (χ2v) is 4.10. The average Bonchev–Trinajstić information content (AvgIpc) is 2.03. The van der Waals surface area contributed by atoms with Crippen molar-refractivity contribution in [3.8, 4) is 0 Å². The maximum Gasteiger partial charge on any atom is 0.0784 e. The van der Waals surface area contributed by atoms with Crippen molar-refractivity contribution >= 4 is 0 Å². The van der Waals surface area contributed by atoms with E-state index in [1.54, 1.807) is 0 Å². The Hall–Kier alpha value is -0.0800. The van der Waals surface area contributed by atoms with Crippen molar-refractivity contribution in [2.45, 2.75) is 53.2 Å². The lowest BCUT2D eigenvalue weighted by molar-refractivity contribution is -0.0463. The van der Waals surface area contributed by atoms with Gasteiger partial charge in [0.25, 0.3) is 0 Å². The Morgan fingerprint density at radius 2 is 1.54 bits per heavy atom. The van der Waals surface area contributed by atoms with Crippen LogP contribution in [-0.2, 0) is 9.47 Å². The highest BCUT2D eigenvalue weighted by atomic mass is 16.5. The molecule has 0 aromatic heterocycles. The largest absolute Gasteiger partial charge is 0.379 e. The summed E-state index contributed by atoms with van der Waals surface area (Å²) in [5.41, 5.74) is 0. The zero-order valence-electron chi connectivity index (χ0n) is 9.67. The molecule has 0 aliphatic rings. The predicted octanol–water partition coefficient (Wildman–Crippen LogP) is 2.86. The molecule has 0 radical (unpaired) electrons. The van der Waals surface area contributed by atoms with Crippen molar-refractivity contribution in [1.82, 2.24) is 0 Å². The minimum Gasteiger partial charge on any atom is -0.379 e. The summed E-state index contributed by atoms with van der Waals surface area (Å²) < 4.78 is 11.1. The van der Waals surface area contributed by atoms with E-state index in [0.717, 1.165) is 13.0 Å². The Kier molecular flexibility index (Phi) is 7.29. The lowest BCUT2D eigenvalue weighted by Gasteiger charge is -2.18. The number of hydrogen-bond acceptors (Lipinski definition) is 2. The zero-order valence-corrected chi connectivity index (χ0v) is 9.67. The molecule has 0 N–H and O–H groups in total. The van der Waals surface area contributed by atoms with E-state index >= 15 is 0 Å². The topological polar surface area (TPSA) is 18.5 Å². The van der Waals surface area contributed by atoms with Gasteiger partial charge in [0.05, 0.1) is 18.8 Å². The smallest absolute Gasteiger partial charge is 0.0784 e. The molecule has 2 atom stereocenters. The monoisotopic (exact) mass is 188 g/mol. The van der Waals surface area contributed by atoms with E-state index in [0.29, 0.717) is 18.6 Å². The van der Waals surface area contributed by atoms with Gasteiger partial charge in [-0.1, -0.05) is 20.8 Å². The van der Waals surface area contributed by atoms with Crippen molar-refractivity contribution < 1.29 is 9.47 Å². The fraction of sp³-hybridized carbons (Fsp3) is 1.00. The number of rotatable bonds is 7. The molecule has 0 heterocycles. The van der Waals surface area contributed by atoms with E-state index in [9.17, 15) is 0 Å². The Morgan fingerprint density at radius 3 is 2.00 bits per heavy atom. The van der Waals surface area contributed by atoms with Gasteiger partial charge in [-0.25, -0.2) is 0 Å². The van der Waals surface area contributed by atoms with E-state index in [1.165, 1.54) is 0 Å². The van der Waals surface area contributed by atoms with Gasteiger partial charge >= 0.3 is 0 Å². The Bertz CT molecular complexity index is 113. The minimum absolute atomic E-state index is 0.216. The van der Waals surface area contributed by atoms with Crippen LogP contribution in [0.3, 0.4) is 0 Å². The summed E-state index contributed by atoms with van der Waals surface area (Å²) in [6.45, 7) is 12.1. The molecule has 0 aromatic rings. The molecule has 2 unspecified atom stereocenters. The summed E-state index contributed by atoms with van der Waals surface area (Å²) in [4.78, 5) is 0. The van der Waals surface area contributed by atoms with Gasteiger partial charge in [-0.2, -0.15) is 0 Å². The molecule has 0 saturated heterocycles. The molecular formula is C11H24O2. The summed E-state index contributed by atoms with van der Waals surface area (Å²) >= 11 is 0. The van der Waals surface area contributed by atoms with Crippen LogP contribution in [0.2, 0.25) is 0 Å². The molecule has 2 nitrogen and oxygen atoms in total. The van der Waals surface area contributed by atoms with Crippen LogP contribution < -0.4 is 0 Å². The minimum atomic E-state index is 0.216. The van der Waals surface area contributed by atoms with Gasteiger partial charge in [-0.05, 0) is 26.2 Å². The van der Waals surface area contributed by atoms with Crippen molar-refractivity contribution in [2.75, 3.05) is 13.2 Å². The molecule has 0 spiro atoms. The first kappa shape index (κ1) is 12.9. The van der Waals surface area contributed by atoms with Crippen molar-refractivity contribution in [3.63, 3.8) is 0 Å². The van der Waals surface area contributed by atoms with Gasteiger partial charge in [0.15, 0.2) is 0 Å². The first-order valence-corrected chi connectivity index (χ1v) is 5.29. The van der Waals surface area contributed by atoms with Gasteiger partial charge < -0.3 is 9.47 Å². The molecule has 0 rings (SSSR count). The maximum absolute atomic E-state index is 5.66. The van der Waals surface area contributed by atoms with E-state index in [2.05, 4.69) is 34.6 Å². The Labute approximate surface area is 82.6 Å². The number of ether oxygens (including phenoxy) is 2. The second-order valence-electron chi connectivity index (χ2n) is 4.10. The van der Waals surface area contributed by atoms with E-state index in [-0.39, 0.29) is 6.10 Å². The Morgan fingerprint density at radius 1 is 0.923 bits per heavy atom. The zero-order chi connectivity index (χ0) is 10.3. The van der Waals surface area contributed by atoms with E-state index < -0.39 is 0 Å². The molecule has 0 aliphatic carbocycles. The maximum atomic E-state index is 5.66. The lowest BCUT2D eigenvalue weighted by Crippen LogP contribution is -2.22. The molecular weight excluding hydrogens is 164 g/mol. The average molecular weight is 188 g/mol. The molecule has 0 aliphatic heterocycles. The van der Waals surface area contributed by atoms with Gasteiger partial charge in [0.1, 0.15) is 0 Å². The molecule has 0 aromatic carbocycles. The van der Waals surface area contributed by atoms with Crippen LogP contribution in [-0.4, -0.2) is 25.4 Å². The third kappa shape index (κ3) is 8.26. The first-order valence-electron chi connectivity index (χ1n) is 5.29. The summed E-state index contributed by atoms with van der Waals surface area (Å²) in [5.74, 6) is 0.607. The molecule has 0 fully saturated rings. The molecule has 0 amide bonds. The standard InChI is InChI=1S/C11H24O2/c1-6-10(4)13-11(5)8-12-7-9(2)3/h9-11H,6-8H2,1-5H3. The van der Waals surface area contributed by atoms with Crippen LogP contribution in [0.25, 0.3) is 0 Å². The molecule has 0 bridgehead atoms.